The van der Waals surface area contributed by atoms with Gasteiger partial charge in [-0.1, -0.05) is 84.4 Å². The zero-order valence-electron chi connectivity index (χ0n) is 12.9. The fourth-order valence-electron chi connectivity index (χ4n) is 2.37. The van der Waals surface area contributed by atoms with Crippen molar-refractivity contribution in [2.75, 3.05) is 5.32 Å². The van der Waals surface area contributed by atoms with Gasteiger partial charge in [0.15, 0.2) is 0 Å². The monoisotopic (exact) mass is 333 g/mol. The van der Waals surface area contributed by atoms with Crippen LogP contribution in [0.3, 0.4) is 0 Å². The molecule has 0 aliphatic rings. The summed E-state index contributed by atoms with van der Waals surface area (Å²) in [7, 11) is 0. The average Bonchev–Trinajstić information content (AvgIpc) is 2.63. The van der Waals surface area contributed by atoms with Crippen molar-refractivity contribution in [3.05, 3.63) is 101 Å². The van der Waals surface area contributed by atoms with Gasteiger partial charge in [-0.05, 0) is 29.3 Å². The minimum atomic E-state index is -0.196. The van der Waals surface area contributed by atoms with Crippen LogP contribution in [0.25, 0.3) is 11.6 Å². The summed E-state index contributed by atoms with van der Waals surface area (Å²) in [5.74, 6) is -0.196. The van der Waals surface area contributed by atoms with Crippen LogP contribution in [-0.2, 0) is 4.79 Å². The third kappa shape index (κ3) is 3.92. The molecule has 0 unspecified atom stereocenters. The maximum absolute atomic E-state index is 12.8. The minimum Gasteiger partial charge on any atom is -0.321 e. The molecule has 0 fully saturated rings. The van der Waals surface area contributed by atoms with Crippen LogP contribution in [-0.4, -0.2) is 5.91 Å². The van der Waals surface area contributed by atoms with E-state index in [1.807, 2.05) is 78.9 Å². The lowest BCUT2D eigenvalue weighted by atomic mass is 10.0. The first kappa shape index (κ1) is 16.0. The molecule has 0 aliphatic heterocycles. The van der Waals surface area contributed by atoms with Gasteiger partial charge >= 0.3 is 0 Å². The number of para-hydroxylation sites is 1. The van der Waals surface area contributed by atoms with Gasteiger partial charge in [0.1, 0.15) is 0 Å². The molecule has 118 valence electrons. The van der Waals surface area contributed by atoms with Crippen LogP contribution in [0, 0.1) is 0 Å². The Labute approximate surface area is 146 Å². The highest BCUT2D eigenvalue weighted by molar-refractivity contribution is 6.35. The molecule has 0 spiro atoms. The number of benzene rings is 3. The lowest BCUT2D eigenvalue weighted by molar-refractivity contribution is -0.111. The topological polar surface area (TPSA) is 29.1 Å². The van der Waals surface area contributed by atoms with Crippen molar-refractivity contribution in [1.82, 2.24) is 0 Å². The molecule has 0 heterocycles. The second-order valence-corrected chi connectivity index (χ2v) is 5.68. The minimum absolute atomic E-state index is 0.196. The van der Waals surface area contributed by atoms with E-state index in [-0.39, 0.29) is 5.91 Å². The number of anilines is 1. The highest BCUT2D eigenvalue weighted by Gasteiger charge is 2.13. The van der Waals surface area contributed by atoms with Gasteiger partial charge in [-0.25, -0.2) is 0 Å². The number of halogens is 1. The molecule has 0 saturated carbocycles. The Bertz CT molecular complexity index is 857. The van der Waals surface area contributed by atoms with Gasteiger partial charge in [-0.15, -0.1) is 0 Å². The lowest BCUT2D eigenvalue weighted by Crippen LogP contribution is -2.14. The second kappa shape index (κ2) is 7.62. The van der Waals surface area contributed by atoms with Crippen LogP contribution in [0.15, 0.2) is 84.9 Å². The number of rotatable bonds is 4. The maximum Gasteiger partial charge on any atom is 0.256 e. The van der Waals surface area contributed by atoms with Crippen molar-refractivity contribution in [3.63, 3.8) is 0 Å². The Morgan fingerprint density at radius 3 is 2.04 bits per heavy atom. The van der Waals surface area contributed by atoms with E-state index in [0.29, 0.717) is 16.3 Å². The smallest absolute Gasteiger partial charge is 0.256 e. The highest BCUT2D eigenvalue weighted by atomic mass is 35.5. The number of carbonyl (C=O) groups excluding carboxylic acids is 1. The first-order valence-electron chi connectivity index (χ1n) is 7.62. The van der Waals surface area contributed by atoms with Crippen molar-refractivity contribution in [2.24, 2.45) is 0 Å². The molecular weight excluding hydrogens is 318 g/mol. The molecule has 0 saturated heterocycles. The summed E-state index contributed by atoms with van der Waals surface area (Å²) in [6.07, 6.45) is 1.88. The van der Waals surface area contributed by atoms with E-state index in [9.17, 15) is 4.79 Å². The fraction of sp³-hybridized carbons (Fsp3) is 0. The quantitative estimate of drug-likeness (QED) is 0.494. The molecule has 0 bridgehead atoms. The van der Waals surface area contributed by atoms with Crippen LogP contribution in [0.4, 0.5) is 5.69 Å². The lowest BCUT2D eigenvalue weighted by Gasteiger charge is -2.11. The summed E-state index contributed by atoms with van der Waals surface area (Å²) in [5, 5.41) is 3.40. The molecule has 0 aromatic heterocycles. The van der Waals surface area contributed by atoms with E-state index in [0.717, 1.165) is 11.1 Å². The summed E-state index contributed by atoms with van der Waals surface area (Å²) < 4.78 is 0. The van der Waals surface area contributed by atoms with Gasteiger partial charge in [0.2, 0.25) is 0 Å². The van der Waals surface area contributed by atoms with Gasteiger partial charge < -0.3 is 5.32 Å². The Morgan fingerprint density at radius 1 is 0.792 bits per heavy atom. The number of amides is 1. The molecule has 24 heavy (non-hydrogen) atoms. The first-order valence-corrected chi connectivity index (χ1v) is 8.00. The van der Waals surface area contributed by atoms with E-state index in [1.165, 1.54) is 0 Å². The van der Waals surface area contributed by atoms with Crippen LogP contribution >= 0.6 is 11.6 Å². The van der Waals surface area contributed by atoms with E-state index >= 15 is 0 Å². The average molecular weight is 334 g/mol. The summed E-state index contributed by atoms with van der Waals surface area (Å²) in [5.41, 5.74) is 3.00. The van der Waals surface area contributed by atoms with Crippen molar-refractivity contribution in [2.45, 2.75) is 0 Å². The van der Waals surface area contributed by atoms with Gasteiger partial charge in [0.05, 0.1) is 10.7 Å². The fourth-order valence-corrected chi connectivity index (χ4v) is 2.55. The van der Waals surface area contributed by atoms with Crippen LogP contribution in [0.5, 0.6) is 0 Å². The maximum atomic E-state index is 12.8. The van der Waals surface area contributed by atoms with Crippen LogP contribution < -0.4 is 5.32 Å². The molecule has 0 aliphatic carbocycles. The molecule has 0 radical (unpaired) electrons. The molecular formula is C21H16ClNO. The number of carbonyl (C=O) groups is 1. The van der Waals surface area contributed by atoms with Gasteiger partial charge in [-0.3, -0.25) is 4.79 Å². The summed E-state index contributed by atoms with van der Waals surface area (Å²) in [4.78, 5) is 12.8. The molecule has 0 atom stereocenters. The summed E-state index contributed by atoms with van der Waals surface area (Å²) in [6, 6.07) is 26.6. The van der Waals surface area contributed by atoms with Crippen molar-refractivity contribution >= 4 is 34.8 Å². The Kier molecular flexibility index (Phi) is 5.09. The molecule has 1 N–H and O–H groups in total. The Hall–Kier alpha value is -2.84. The van der Waals surface area contributed by atoms with Gasteiger partial charge in [0, 0.05) is 5.57 Å². The third-order valence-corrected chi connectivity index (χ3v) is 3.89. The second-order valence-electron chi connectivity index (χ2n) is 5.27. The van der Waals surface area contributed by atoms with E-state index < -0.39 is 0 Å². The highest BCUT2D eigenvalue weighted by Crippen LogP contribution is 2.24. The normalized spacial score (nSPS) is 11.1. The molecule has 3 aromatic rings. The molecule has 3 heteroatoms. The number of nitrogens with one attached hydrogen (secondary N) is 1. The largest absolute Gasteiger partial charge is 0.321 e. The van der Waals surface area contributed by atoms with E-state index in [2.05, 4.69) is 5.32 Å². The molecule has 1 amide bonds. The van der Waals surface area contributed by atoms with Crippen molar-refractivity contribution in [3.8, 4) is 0 Å². The molecule has 3 aromatic carbocycles. The molecule has 2 nitrogen and oxygen atoms in total. The van der Waals surface area contributed by atoms with Crippen molar-refractivity contribution in [1.29, 1.82) is 0 Å². The van der Waals surface area contributed by atoms with E-state index in [4.69, 9.17) is 11.6 Å². The van der Waals surface area contributed by atoms with Crippen LogP contribution in [0.1, 0.15) is 11.1 Å². The number of hydrogen-bond donors (Lipinski definition) is 1. The summed E-state index contributed by atoms with van der Waals surface area (Å²) in [6.45, 7) is 0. The van der Waals surface area contributed by atoms with Crippen molar-refractivity contribution < 1.29 is 4.79 Å². The zero-order chi connectivity index (χ0) is 16.8. The third-order valence-electron chi connectivity index (χ3n) is 3.56. The Balaban J connectivity index is 1.97. The SMILES string of the molecule is O=C(Nc1ccccc1Cl)C(=Cc1ccccc1)c1ccccc1. The standard InChI is InChI=1S/C21H16ClNO/c22-19-13-7-8-14-20(19)23-21(24)18(17-11-5-2-6-12-17)15-16-9-3-1-4-10-16/h1-15H,(H,23,24). The predicted molar refractivity (Wildman–Crippen MR) is 101 cm³/mol. The van der Waals surface area contributed by atoms with Gasteiger partial charge in [-0.2, -0.15) is 0 Å². The molecule has 3 rings (SSSR count). The van der Waals surface area contributed by atoms with E-state index in [1.54, 1.807) is 12.1 Å². The predicted octanol–water partition coefficient (Wildman–Crippen LogP) is 5.52. The number of hydrogen-bond acceptors (Lipinski definition) is 1. The summed E-state index contributed by atoms with van der Waals surface area (Å²) >= 11 is 6.15. The van der Waals surface area contributed by atoms with Gasteiger partial charge in [0.25, 0.3) is 5.91 Å². The zero-order valence-corrected chi connectivity index (χ0v) is 13.7. The van der Waals surface area contributed by atoms with Crippen LogP contribution in [0.2, 0.25) is 5.02 Å². The first-order chi connectivity index (χ1) is 11.7. The Morgan fingerprint density at radius 2 is 1.38 bits per heavy atom.